The molecule has 0 fully saturated rings. The first kappa shape index (κ1) is 20.0. The van der Waals surface area contributed by atoms with Crippen LogP contribution in [0, 0.1) is 11.6 Å². The SMILES string of the molecule is CCCCCNS(=O)(=O)c1ccc(NC(=O)c2ccc(F)cc2)c(F)c1. The van der Waals surface area contributed by atoms with Crippen LogP contribution < -0.4 is 10.0 Å². The highest BCUT2D eigenvalue weighted by molar-refractivity contribution is 7.89. The number of amides is 1. The summed E-state index contributed by atoms with van der Waals surface area (Å²) < 4.78 is 53.7. The number of hydrogen-bond donors (Lipinski definition) is 2. The van der Waals surface area contributed by atoms with Gasteiger partial charge in [-0.2, -0.15) is 0 Å². The first-order valence-corrected chi connectivity index (χ1v) is 9.68. The molecule has 2 N–H and O–H groups in total. The molecule has 2 aromatic carbocycles. The molecule has 0 radical (unpaired) electrons. The Kier molecular flexibility index (Phi) is 6.82. The molecular weight excluding hydrogens is 362 g/mol. The summed E-state index contributed by atoms with van der Waals surface area (Å²) in [6.45, 7) is 2.28. The Morgan fingerprint density at radius 3 is 2.35 bits per heavy atom. The molecule has 0 atom stereocenters. The summed E-state index contributed by atoms with van der Waals surface area (Å²) in [6, 6.07) is 8.00. The summed E-state index contributed by atoms with van der Waals surface area (Å²) in [7, 11) is -3.81. The molecule has 5 nitrogen and oxygen atoms in total. The molecule has 0 aromatic heterocycles. The zero-order chi connectivity index (χ0) is 19.2. The van der Waals surface area contributed by atoms with Gasteiger partial charge in [-0.15, -0.1) is 0 Å². The number of hydrogen-bond acceptors (Lipinski definition) is 3. The third-order valence-corrected chi connectivity index (χ3v) is 5.14. The van der Waals surface area contributed by atoms with Gasteiger partial charge in [-0.1, -0.05) is 19.8 Å². The summed E-state index contributed by atoms with van der Waals surface area (Å²) in [5, 5.41) is 2.33. The van der Waals surface area contributed by atoms with E-state index in [0.29, 0.717) is 6.42 Å². The van der Waals surface area contributed by atoms with Gasteiger partial charge in [0.15, 0.2) is 0 Å². The van der Waals surface area contributed by atoms with Crippen LogP contribution in [0.15, 0.2) is 47.4 Å². The molecule has 0 heterocycles. The first-order chi connectivity index (χ1) is 12.3. The normalized spacial score (nSPS) is 11.3. The van der Waals surface area contributed by atoms with Crippen LogP contribution in [0.25, 0.3) is 0 Å². The van der Waals surface area contributed by atoms with Gasteiger partial charge in [-0.3, -0.25) is 4.79 Å². The fraction of sp³-hybridized carbons (Fsp3) is 0.278. The van der Waals surface area contributed by atoms with Crippen LogP contribution in [-0.4, -0.2) is 20.9 Å². The second-order valence-corrected chi connectivity index (χ2v) is 7.47. The second kappa shape index (κ2) is 8.86. The summed E-state index contributed by atoms with van der Waals surface area (Å²) in [4.78, 5) is 11.8. The molecule has 0 saturated carbocycles. The Labute approximate surface area is 151 Å². The minimum Gasteiger partial charge on any atom is -0.319 e. The summed E-state index contributed by atoms with van der Waals surface area (Å²) in [6.07, 6.45) is 2.55. The number of anilines is 1. The van der Waals surface area contributed by atoms with E-state index in [1.807, 2.05) is 6.92 Å². The largest absolute Gasteiger partial charge is 0.319 e. The molecule has 2 aromatic rings. The van der Waals surface area contributed by atoms with Crippen molar-refractivity contribution in [3.05, 3.63) is 59.7 Å². The highest BCUT2D eigenvalue weighted by atomic mass is 32.2. The minimum absolute atomic E-state index is 0.153. The lowest BCUT2D eigenvalue weighted by molar-refractivity contribution is 0.102. The van der Waals surface area contributed by atoms with Crippen molar-refractivity contribution >= 4 is 21.6 Å². The van der Waals surface area contributed by atoms with Gasteiger partial charge in [0.1, 0.15) is 11.6 Å². The van der Waals surface area contributed by atoms with Crippen molar-refractivity contribution in [1.29, 1.82) is 0 Å². The van der Waals surface area contributed by atoms with E-state index < -0.39 is 27.6 Å². The average molecular weight is 382 g/mol. The Morgan fingerprint density at radius 1 is 1.04 bits per heavy atom. The Balaban J connectivity index is 2.09. The topological polar surface area (TPSA) is 75.3 Å². The van der Waals surface area contributed by atoms with E-state index in [2.05, 4.69) is 10.0 Å². The molecule has 0 aliphatic rings. The molecule has 0 bridgehead atoms. The number of rotatable bonds is 8. The number of nitrogens with one attached hydrogen (secondary N) is 2. The minimum atomic E-state index is -3.81. The average Bonchev–Trinajstić information content (AvgIpc) is 2.61. The molecule has 1 amide bonds. The van der Waals surface area contributed by atoms with Gasteiger partial charge in [-0.05, 0) is 48.9 Å². The van der Waals surface area contributed by atoms with Gasteiger partial charge in [0.05, 0.1) is 10.6 Å². The third kappa shape index (κ3) is 5.34. The molecular formula is C18H20F2N2O3S. The van der Waals surface area contributed by atoms with Gasteiger partial charge >= 0.3 is 0 Å². The van der Waals surface area contributed by atoms with Crippen molar-refractivity contribution in [2.45, 2.75) is 31.1 Å². The van der Waals surface area contributed by atoms with E-state index in [1.54, 1.807) is 0 Å². The maximum atomic E-state index is 14.2. The predicted octanol–water partition coefficient (Wildman–Crippen LogP) is 3.69. The molecule has 0 spiro atoms. The van der Waals surface area contributed by atoms with E-state index >= 15 is 0 Å². The van der Waals surface area contributed by atoms with E-state index in [0.717, 1.165) is 31.0 Å². The molecule has 140 valence electrons. The van der Waals surface area contributed by atoms with Gasteiger partial charge in [0, 0.05) is 12.1 Å². The lowest BCUT2D eigenvalue weighted by Crippen LogP contribution is -2.25. The van der Waals surface area contributed by atoms with Crippen LogP contribution in [0.3, 0.4) is 0 Å². The molecule has 26 heavy (non-hydrogen) atoms. The standard InChI is InChI=1S/C18H20F2N2O3S/c1-2-3-4-11-21-26(24,25)15-9-10-17(16(20)12-15)22-18(23)13-5-7-14(19)8-6-13/h5-10,12,21H,2-4,11H2,1H3,(H,22,23). The van der Waals surface area contributed by atoms with Gasteiger partial charge < -0.3 is 5.32 Å². The van der Waals surface area contributed by atoms with Crippen molar-refractivity contribution in [3.63, 3.8) is 0 Å². The number of halogens is 2. The van der Waals surface area contributed by atoms with Crippen LogP contribution in [0.2, 0.25) is 0 Å². The second-order valence-electron chi connectivity index (χ2n) is 5.71. The van der Waals surface area contributed by atoms with Gasteiger partial charge in [-0.25, -0.2) is 21.9 Å². The predicted molar refractivity (Wildman–Crippen MR) is 95.5 cm³/mol. The highest BCUT2D eigenvalue weighted by Gasteiger charge is 2.17. The smallest absolute Gasteiger partial charge is 0.255 e. The van der Waals surface area contributed by atoms with Crippen molar-refractivity contribution < 1.29 is 22.0 Å². The number of sulfonamides is 1. The van der Waals surface area contributed by atoms with Crippen LogP contribution in [0.5, 0.6) is 0 Å². The molecule has 2 rings (SSSR count). The molecule has 0 aliphatic carbocycles. The quantitative estimate of drug-likeness (QED) is 0.684. The maximum absolute atomic E-state index is 14.2. The van der Waals surface area contributed by atoms with E-state index in [9.17, 15) is 22.0 Å². The Bertz CT molecular complexity index is 869. The van der Waals surface area contributed by atoms with E-state index in [4.69, 9.17) is 0 Å². The summed E-state index contributed by atoms with van der Waals surface area (Å²) in [5.74, 6) is -2.00. The third-order valence-electron chi connectivity index (χ3n) is 3.68. The van der Waals surface area contributed by atoms with Crippen LogP contribution in [-0.2, 0) is 10.0 Å². The molecule has 0 aliphatic heterocycles. The van der Waals surface area contributed by atoms with Crippen LogP contribution in [0.1, 0.15) is 36.5 Å². The number of benzene rings is 2. The zero-order valence-corrected chi connectivity index (χ0v) is 15.1. The highest BCUT2D eigenvalue weighted by Crippen LogP contribution is 2.20. The summed E-state index contributed by atoms with van der Waals surface area (Å²) >= 11 is 0. The fourth-order valence-electron chi connectivity index (χ4n) is 2.22. The Hall–Kier alpha value is -2.32. The lowest BCUT2D eigenvalue weighted by atomic mass is 10.2. The number of carbonyl (C=O) groups is 1. The van der Waals surface area contributed by atoms with Gasteiger partial charge in [0.2, 0.25) is 10.0 Å². The molecule has 0 unspecified atom stereocenters. The van der Waals surface area contributed by atoms with Crippen LogP contribution in [0.4, 0.5) is 14.5 Å². The van der Waals surface area contributed by atoms with Crippen molar-refractivity contribution in [2.24, 2.45) is 0 Å². The first-order valence-electron chi connectivity index (χ1n) is 8.19. The lowest BCUT2D eigenvalue weighted by Gasteiger charge is -2.10. The number of unbranched alkanes of at least 4 members (excludes halogenated alkanes) is 2. The summed E-state index contributed by atoms with van der Waals surface area (Å²) in [5.41, 5.74) is -0.00986. The van der Waals surface area contributed by atoms with Crippen LogP contribution >= 0.6 is 0 Å². The van der Waals surface area contributed by atoms with Crippen molar-refractivity contribution in [1.82, 2.24) is 4.72 Å². The van der Waals surface area contributed by atoms with E-state index in [1.165, 1.54) is 24.3 Å². The van der Waals surface area contributed by atoms with E-state index in [-0.39, 0.29) is 22.7 Å². The van der Waals surface area contributed by atoms with Crippen molar-refractivity contribution in [2.75, 3.05) is 11.9 Å². The molecule has 0 saturated heterocycles. The monoisotopic (exact) mass is 382 g/mol. The zero-order valence-electron chi connectivity index (χ0n) is 14.3. The van der Waals surface area contributed by atoms with Gasteiger partial charge in [0.25, 0.3) is 5.91 Å². The number of carbonyl (C=O) groups excluding carboxylic acids is 1. The maximum Gasteiger partial charge on any atom is 0.255 e. The molecule has 8 heteroatoms. The fourth-order valence-corrected chi connectivity index (χ4v) is 3.31. The Morgan fingerprint density at radius 2 is 1.73 bits per heavy atom. The van der Waals surface area contributed by atoms with Crippen molar-refractivity contribution in [3.8, 4) is 0 Å².